The summed E-state index contributed by atoms with van der Waals surface area (Å²) in [4.78, 5) is 25.0. The Balaban J connectivity index is 1.72. The summed E-state index contributed by atoms with van der Waals surface area (Å²) in [6.07, 6.45) is 2.56. The Morgan fingerprint density at radius 3 is 2.73 bits per heavy atom. The van der Waals surface area contributed by atoms with E-state index in [9.17, 15) is 14.7 Å². The average molecular weight is 375 g/mol. The molecule has 26 heavy (non-hydrogen) atoms. The highest BCUT2D eigenvalue weighted by atomic mass is 32.1. The molecule has 1 aliphatic carbocycles. The van der Waals surface area contributed by atoms with Crippen molar-refractivity contribution in [3.63, 3.8) is 0 Å². The lowest BCUT2D eigenvalue weighted by molar-refractivity contribution is -0.118. The number of ether oxygens (including phenoxy) is 2. The van der Waals surface area contributed by atoms with Crippen LogP contribution in [-0.2, 0) is 17.6 Å². The minimum atomic E-state index is -1.00. The quantitative estimate of drug-likeness (QED) is 0.806. The largest absolute Gasteiger partial charge is 0.493 e. The fourth-order valence-corrected chi connectivity index (χ4v) is 4.53. The van der Waals surface area contributed by atoms with Gasteiger partial charge in [0.15, 0.2) is 18.1 Å². The third kappa shape index (κ3) is 3.83. The Hall–Kier alpha value is -2.54. The Morgan fingerprint density at radius 2 is 2.04 bits per heavy atom. The summed E-state index contributed by atoms with van der Waals surface area (Å²) in [7, 11) is 1.53. The highest BCUT2D eigenvalue weighted by Crippen LogP contribution is 2.39. The summed E-state index contributed by atoms with van der Waals surface area (Å²) in [6.45, 7) is 1.93. The first-order valence-corrected chi connectivity index (χ1v) is 9.24. The second kappa shape index (κ2) is 7.78. The summed E-state index contributed by atoms with van der Waals surface area (Å²) in [6, 6.07) is 7.04. The van der Waals surface area contributed by atoms with E-state index in [2.05, 4.69) is 12.2 Å². The molecule has 0 saturated heterocycles. The second-order valence-electron chi connectivity index (χ2n) is 6.35. The number of hydrogen-bond donors (Lipinski definition) is 2. The Labute approximate surface area is 155 Å². The molecule has 6 nitrogen and oxygen atoms in total. The number of amides is 1. The molecule has 2 N–H and O–H groups in total. The monoisotopic (exact) mass is 375 g/mol. The molecular weight excluding hydrogens is 354 g/mol. The van der Waals surface area contributed by atoms with E-state index in [1.807, 2.05) is 6.07 Å². The zero-order valence-electron chi connectivity index (χ0n) is 14.7. The van der Waals surface area contributed by atoms with E-state index in [1.165, 1.54) is 18.4 Å². The molecule has 138 valence electrons. The van der Waals surface area contributed by atoms with Gasteiger partial charge in [0.2, 0.25) is 0 Å². The number of carboxylic acids is 1. The fraction of sp³-hybridized carbons (Fsp3) is 0.368. The summed E-state index contributed by atoms with van der Waals surface area (Å²) in [5.41, 5.74) is 1.09. The van der Waals surface area contributed by atoms with Crippen LogP contribution >= 0.6 is 11.3 Å². The van der Waals surface area contributed by atoms with Gasteiger partial charge in [-0.15, -0.1) is 11.3 Å². The lowest BCUT2D eigenvalue weighted by Gasteiger charge is -2.17. The third-order valence-electron chi connectivity index (χ3n) is 4.41. The third-order valence-corrected chi connectivity index (χ3v) is 5.58. The van der Waals surface area contributed by atoms with E-state index in [4.69, 9.17) is 9.47 Å². The van der Waals surface area contributed by atoms with Crippen molar-refractivity contribution >= 4 is 28.2 Å². The number of nitrogens with one attached hydrogen (secondary N) is 1. The van der Waals surface area contributed by atoms with Crippen LogP contribution in [0.25, 0.3) is 0 Å². The van der Waals surface area contributed by atoms with Crippen LogP contribution in [0, 0.1) is 5.92 Å². The van der Waals surface area contributed by atoms with Gasteiger partial charge in [0.05, 0.1) is 12.7 Å². The number of methoxy groups -OCH3 is 1. The van der Waals surface area contributed by atoms with E-state index in [1.54, 1.807) is 18.2 Å². The first-order chi connectivity index (χ1) is 12.5. The summed E-state index contributed by atoms with van der Waals surface area (Å²) < 4.78 is 10.7. The van der Waals surface area contributed by atoms with Crippen LogP contribution in [0.1, 0.15) is 34.1 Å². The van der Waals surface area contributed by atoms with Gasteiger partial charge in [-0.2, -0.15) is 0 Å². The van der Waals surface area contributed by atoms with E-state index in [0.29, 0.717) is 22.4 Å². The predicted molar refractivity (Wildman–Crippen MR) is 99.6 cm³/mol. The van der Waals surface area contributed by atoms with Crippen LogP contribution in [-0.4, -0.2) is 30.7 Å². The van der Waals surface area contributed by atoms with Crippen molar-refractivity contribution in [2.45, 2.75) is 26.2 Å². The van der Waals surface area contributed by atoms with Crippen LogP contribution in [0.3, 0.4) is 0 Å². The number of aromatic carboxylic acids is 1. The van der Waals surface area contributed by atoms with Crippen molar-refractivity contribution < 1.29 is 24.2 Å². The molecule has 3 rings (SSSR count). The zero-order valence-corrected chi connectivity index (χ0v) is 15.5. The number of carboxylic acid groups (broad SMARTS) is 1. The Kier molecular flexibility index (Phi) is 5.46. The van der Waals surface area contributed by atoms with Crippen molar-refractivity contribution in [3.05, 3.63) is 40.3 Å². The standard InChI is InChI=1S/C19H21NO5S/c1-11-7-8-12-15(9-11)26-18(17(12)19(22)23)20-16(21)10-25-14-6-4-3-5-13(14)24-2/h3-6,11H,7-10H2,1-2H3,(H,20,21)(H,22,23). The van der Waals surface area contributed by atoms with Crippen molar-refractivity contribution in [1.29, 1.82) is 0 Å². The van der Waals surface area contributed by atoms with Gasteiger partial charge in [-0.05, 0) is 42.9 Å². The molecule has 0 spiro atoms. The zero-order chi connectivity index (χ0) is 18.7. The lowest BCUT2D eigenvalue weighted by atomic mass is 9.88. The molecule has 1 aliphatic rings. The molecule has 2 aromatic rings. The van der Waals surface area contributed by atoms with Gasteiger partial charge >= 0.3 is 5.97 Å². The van der Waals surface area contributed by atoms with Gasteiger partial charge in [0.25, 0.3) is 5.91 Å². The van der Waals surface area contributed by atoms with E-state index < -0.39 is 11.9 Å². The van der Waals surface area contributed by atoms with E-state index in [0.717, 1.165) is 29.7 Å². The van der Waals surface area contributed by atoms with Gasteiger partial charge < -0.3 is 19.9 Å². The SMILES string of the molecule is COc1ccccc1OCC(=O)Nc1sc2c(c1C(=O)O)CCC(C)C2. The maximum absolute atomic E-state index is 12.3. The number of benzene rings is 1. The number of hydrogen-bond acceptors (Lipinski definition) is 5. The van der Waals surface area contributed by atoms with Gasteiger partial charge in [0.1, 0.15) is 5.00 Å². The molecule has 1 aromatic carbocycles. The molecule has 0 fully saturated rings. The molecule has 1 unspecified atom stereocenters. The smallest absolute Gasteiger partial charge is 0.339 e. The van der Waals surface area contributed by atoms with E-state index in [-0.39, 0.29) is 12.2 Å². The van der Waals surface area contributed by atoms with Gasteiger partial charge in [-0.3, -0.25) is 4.79 Å². The second-order valence-corrected chi connectivity index (χ2v) is 7.45. The average Bonchev–Trinajstić information content (AvgIpc) is 2.97. The highest BCUT2D eigenvalue weighted by molar-refractivity contribution is 7.17. The van der Waals surface area contributed by atoms with Crippen LogP contribution < -0.4 is 14.8 Å². The van der Waals surface area contributed by atoms with Gasteiger partial charge in [-0.1, -0.05) is 19.1 Å². The number of fused-ring (bicyclic) bond motifs is 1. The summed E-state index contributed by atoms with van der Waals surface area (Å²) >= 11 is 1.36. The normalized spacial score (nSPS) is 15.8. The topological polar surface area (TPSA) is 84.9 Å². The van der Waals surface area contributed by atoms with Crippen LogP contribution in [0.4, 0.5) is 5.00 Å². The number of rotatable bonds is 6. The molecular formula is C19H21NO5S. The van der Waals surface area contributed by atoms with Crippen molar-refractivity contribution in [1.82, 2.24) is 0 Å². The number of anilines is 1. The van der Waals surface area contributed by atoms with Crippen LogP contribution in [0.5, 0.6) is 11.5 Å². The van der Waals surface area contributed by atoms with Crippen LogP contribution in [0.15, 0.2) is 24.3 Å². The maximum Gasteiger partial charge on any atom is 0.339 e. The Morgan fingerprint density at radius 1 is 1.31 bits per heavy atom. The summed E-state index contributed by atoms with van der Waals surface area (Å²) in [5, 5.41) is 12.7. The van der Waals surface area contributed by atoms with Crippen molar-refractivity contribution in [2.24, 2.45) is 5.92 Å². The van der Waals surface area contributed by atoms with Crippen molar-refractivity contribution in [3.8, 4) is 11.5 Å². The minimum Gasteiger partial charge on any atom is -0.493 e. The van der Waals surface area contributed by atoms with Gasteiger partial charge in [-0.25, -0.2) is 4.79 Å². The predicted octanol–water partition coefficient (Wildman–Crippen LogP) is 3.60. The minimum absolute atomic E-state index is 0.224. The number of carbonyl (C=O) groups excluding carboxylic acids is 1. The summed E-state index contributed by atoms with van der Waals surface area (Å²) in [5.74, 6) is 0.123. The number of para-hydroxylation sites is 2. The van der Waals surface area contributed by atoms with E-state index >= 15 is 0 Å². The number of carbonyl (C=O) groups is 2. The van der Waals surface area contributed by atoms with Gasteiger partial charge in [0, 0.05) is 4.88 Å². The molecule has 7 heteroatoms. The van der Waals surface area contributed by atoms with Crippen LogP contribution in [0.2, 0.25) is 0 Å². The molecule has 0 radical (unpaired) electrons. The highest BCUT2D eigenvalue weighted by Gasteiger charge is 2.28. The first kappa shape index (κ1) is 18.3. The lowest BCUT2D eigenvalue weighted by Crippen LogP contribution is -2.21. The molecule has 1 aromatic heterocycles. The Bertz CT molecular complexity index is 829. The molecule has 0 saturated carbocycles. The van der Waals surface area contributed by atoms with Crippen molar-refractivity contribution in [2.75, 3.05) is 19.0 Å². The maximum atomic E-state index is 12.3. The molecule has 0 aliphatic heterocycles. The fourth-order valence-electron chi connectivity index (χ4n) is 3.11. The molecule has 1 atom stereocenters. The molecule has 0 bridgehead atoms. The molecule has 1 amide bonds. The molecule has 1 heterocycles. The first-order valence-electron chi connectivity index (χ1n) is 8.43. The number of thiophene rings is 1.